The van der Waals surface area contributed by atoms with E-state index in [2.05, 4.69) is 26.0 Å². The second-order valence-corrected chi connectivity index (χ2v) is 3.64. The van der Waals surface area contributed by atoms with Crippen LogP contribution in [0.25, 0.3) is 0 Å². The fourth-order valence-corrected chi connectivity index (χ4v) is 1.88. The van der Waals surface area contributed by atoms with Crippen molar-refractivity contribution < 1.29 is 0 Å². The summed E-state index contributed by atoms with van der Waals surface area (Å²) < 4.78 is 0. The van der Waals surface area contributed by atoms with Gasteiger partial charge >= 0.3 is 0 Å². The minimum Gasteiger partial charge on any atom is -0.301 e. The molecular weight excluding hydrogens is 155 g/mol. The van der Waals surface area contributed by atoms with E-state index < -0.39 is 0 Å². The summed E-state index contributed by atoms with van der Waals surface area (Å²) >= 11 is 0. The molecule has 1 fully saturated rings. The fourth-order valence-electron chi connectivity index (χ4n) is 1.51. The molecule has 1 atom stereocenters. The van der Waals surface area contributed by atoms with Crippen molar-refractivity contribution in [2.24, 2.45) is 0 Å². The lowest BCUT2D eigenvalue weighted by atomic mass is 10.3. The van der Waals surface area contributed by atoms with E-state index in [0.717, 1.165) is 0 Å². The average Bonchev–Trinajstić information content (AvgIpc) is 2.07. The van der Waals surface area contributed by atoms with Gasteiger partial charge < -0.3 is 9.80 Å². The van der Waals surface area contributed by atoms with Crippen molar-refractivity contribution in [1.82, 2.24) is 9.80 Å². The van der Waals surface area contributed by atoms with E-state index >= 15 is 0 Å². The second-order valence-electron chi connectivity index (χ2n) is 3.06. The highest BCUT2D eigenvalue weighted by Crippen LogP contribution is 2.00. The highest BCUT2D eigenvalue weighted by atomic mass is 31.0. The molecule has 0 amide bonds. The van der Waals surface area contributed by atoms with Gasteiger partial charge in [-0.25, -0.2) is 0 Å². The van der Waals surface area contributed by atoms with E-state index in [0.29, 0.717) is 0 Å². The van der Waals surface area contributed by atoms with Crippen molar-refractivity contribution in [3.05, 3.63) is 0 Å². The summed E-state index contributed by atoms with van der Waals surface area (Å²) in [5.74, 6) is 0. The molecule has 0 bridgehead atoms. The molecule has 1 aliphatic heterocycles. The van der Waals surface area contributed by atoms with E-state index in [4.69, 9.17) is 0 Å². The molecule has 1 unspecified atom stereocenters. The molecule has 0 saturated carbocycles. The third kappa shape index (κ3) is 3.06. The van der Waals surface area contributed by atoms with Crippen LogP contribution in [0.4, 0.5) is 0 Å². The van der Waals surface area contributed by atoms with Crippen molar-refractivity contribution >= 4 is 9.24 Å². The van der Waals surface area contributed by atoms with E-state index in [1.807, 2.05) is 0 Å². The maximum Gasteiger partial charge on any atom is 0.0110 e. The Kier molecular flexibility index (Phi) is 4.36. The Morgan fingerprint density at radius 3 is 2.09 bits per heavy atom. The van der Waals surface area contributed by atoms with Gasteiger partial charge in [0.1, 0.15) is 0 Å². The predicted octanol–water partition coefficient (Wildman–Crippen LogP) is 0.499. The molecule has 0 aliphatic carbocycles. The van der Waals surface area contributed by atoms with Crippen LogP contribution in [0.15, 0.2) is 0 Å². The minimum atomic E-state index is 1.21. The minimum absolute atomic E-state index is 1.21. The molecule has 11 heavy (non-hydrogen) atoms. The van der Waals surface area contributed by atoms with Crippen molar-refractivity contribution in [1.29, 1.82) is 0 Å². The van der Waals surface area contributed by atoms with Gasteiger partial charge in [0, 0.05) is 32.7 Å². The van der Waals surface area contributed by atoms with Gasteiger partial charge in [-0.3, -0.25) is 0 Å². The number of nitrogens with zero attached hydrogens (tertiary/aromatic N) is 2. The van der Waals surface area contributed by atoms with E-state index in [1.165, 1.54) is 45.4 Å². The van der Waals surface area contributed by atoms with Crippen molar-refractivity contribution in [2.75, 3.05) is 45.4 Å². The normalized spacial score (nSPS) is 22.4. The lowest BCUT2D eigenvalue weighted by Crippen LogP contribution is -2.46. The second kappa shape index (κ2) is 5.08. The van der Waals surface area contributed by atoms with Crippen LogP contribution < -0.4 is 0 Å². The van der Waals surface area contributed by atoms with Crippen LogP contribution in [0, 0.1) is 0 Å². The zero-order valence-corrected chi connectivity index (χ0v) is 8.58. The van der Waals surface area contributed by atoms with Crippen LogP contribution in [0.5, 0.6) is 0 Å². The van der Waals surface area contributed by atoms with Crippen LogP contribution in [-0.4, -0.2) is 55.2 Å². The SMILES string of the molecule is CCN1CCN(CCP)CC1. The molecule has 3 heteroatoms. The molecule has 1 saturated heterocycles. The molecule has 0 radical (unpaired) electrons. The van der Waals surface area contributed by atoms with Crippen LogP contribution >= 0.6 is 9.24 Å². The lowest BCUT2D eigenvalue weighted by molar-refractivity contribution is 0.143. The Morgan fingerprint density at radius 1 is 1.09 bits per heavy atom. The molecule has 1 rings (SSSR count). The molecule has 0 aromatic carbocycles. The van der Waals surface area contributed by atoms with Gasteiger partial charge in [-0.15, -0.1) is 9.24 Å². The van der Waals surface area contributed by atoms with E-state index in [-0.39, 0.29) is 0 Å². The van der Waals surface area contributed by atoms with Crippen molar-refractivity contribution in [2.45, 2.75) is 6.92 Å². The molecule has 0 aromatic heterocycles. The van der Waals surface area contributed by atoms with Gasteiger partial charge in [0.05, 0.1) is 0 Å². The van der Waals surface area contributed by atoms with Crippen LogP contribution in [0.2, 0.25) is 0 Å². The first-order valence-electron chi connectivity index (χ1n) is 4.51. The predicted molar refractivity (Wildman–Crippen MR) is 53.1 cm³/mol. The number of rotatable bonds is 3. The standard InChI is InChI=1S/C8H19N2P/c1-2-9-3-5-10(6-4-9)7-8-11/h2-8,11H2,1H3. The molecule has 1 heterocycles. The molecule has 2 nitrogen and oxygen atoms in total. The Hall–Kier alpha value is 0.350. The summed E-state index contributed by atoms with van der Waals surface area (Å²) in [5, 5.41) is 0. The highest BCUT2D eigenvalue weighted by Gasteiger charge is 2.13. The van der Waals surface area contributed by atoms with Gasteiger partial charge in [0.25, 0.3) is 0 Å². The highest BCUT2D eigenvalue weighted by molar-refractivity contribution is 7.16. The van der Waals surface area contributed by atoms with Crippen LogP contribution in [0.1, 0.15) is 6.92 Å². The van der Waals surface area contributed by atoms with Crippen LogP contribution in [0.3, 0.4) is 0 Å². The Morgan fingerprint density at radius 2 is 1.64 bits per heavy atom. The van der Waals surface area contributed by atoms with Gasteiger partial charge in [-0.05, 0) is 12.7 Å². The zero-order valence-electron chi connectivity index (χ0n) is 7.42. The van der Waals surface area contributed by atoms with Crippen molar-refractivity contribution in [3.8, 4) is 0 Å². The Balaban J connectivity index is 2.14. The maximum absolute atomic E-state index is 2.79. The summed E-state index contributed by atoms with van der Waals surface area (Å²) in [6.45, 7) is 9.77. The quantitative estimate of drug-likeness (QED) is 0.575. The smallest absolute Gasteiger partial charge is 0.0110 e. The average molecular weight is 174 g/mol. The zero-order chi connectivity index (χ0) is 8.10. The van der Waals surface area contributed by atoms with Gasteiger partial charge in [-0.1, -0.05) is 6.92 Å². The van der Waals surface area contributed by atoms with E-state index in [9.17, 15) is 0 Å². The number of likely N-dealkylation sites (N-methyl/N-ethyl adjacent to an activating group) is 1. The molecule has 0 N–H and O–H groups in total. The first kappa shape index (κ1) is 9.44. The largest absolute Gasteiger partial charge is 0.301 e. The third-order valence-electron chi connectivity index (χ3n) is 2.36. The van der Waals surface area contributed by atoms with Crippen LogP contribution in [-0.2, 0) is 0 Å². The fraction of sp³-hybridized carbons (Fsp3) is 1.00. The molecule has 0 spiro atoms. The number of hydrogen-bond acceptors (Lipinski definition) is 2. The Labute approximate surface area is 72.1 Å². The lowest BCUT2D eigenvalue weighted by Gasteiger charge is -2.33. The summed E-state index contributed by atoms with van der Waals surface area (Å²) in [5.41, 5.74) is 0. The topological polar surface area (TPSA) is 6.48 Å². The molecule has 0 aromatic rings. The van der Waals surface area contributed by atoms with Gasteiger partial charge in [-0.2, -0.15) is 0 Å². The van der Waals surface area contributed by atoms with Crippen molar-refractivity contribution in [3.63, 3.8) is 0 Å². The molecular formula is C8H19N2P. The molecule has 66 valence electrons. The summed E-state index contributed by atoms with van der Waals surface area (Å²) in [7, 11) is 2.79. The first-order valence-corrected chi connectivity index (χ1v) is 5.33. The summed E-state index contributed by atoms with van der Waals surface area (Å²) in [6.07, 6.45) is 1.21. The summed E-state index contributed by atoms with van der Waals surface area (Å²) in [4.78, 5) is 5.05. The van der Waals surface area contributed by atoms with E-state index in [1.54, 1.807) is 0 Å². The van der Waals surface area contributed by atoms with Gasteiger partial charge in [0.15, 0.2) is 0 Å². The first-order chi connectivity index (χ1) is 5.36. The van der Waals surface area contributed by atoms with Gasteiger partial charge in [0.2, 0.25) is 0 Å². The molecule has 1 aliphatic rings. The summed E-state index contributed by atoms with van der Waals surface area (Å²) in [6, 6.07) is 0. The monoisotopic (exact) mass is 174 g/mol. The third-order valence-corrected chi connectivity index (χ3v) is 2.62. The Bertz CT molecular complexity index is 100. The maximum atomic E-state index is 2.79. The number of hydrogen-bond donors (Lipinski definition) is 0. The number of piperazine rings is 1.